The summed E-state index contributed by atoms with van der Waals surface area (Å²) >= 11 is 0. The van der Waals surface area contributed by atoms with Gasteiger partial charge in [0, 0.05) is 0 Å². The molecule has 0 rings (SSSR count). The van der Waals surface area contributed by atoms with Crippen molar-refractivity contribution in [3.05, 3.63) is 0 Å². The van der Waals surface area contributed by atoms with E-state index in [2.05, 4.69) is 13.8 Å². The Morgan fingerprint density at radius 1 is 1.45 bits per heavy atom. The molecule has 0 amide bonds. The highest BCUT2D eigenvalue weighted by Crippen LogP contribution is 2.24. The van der Waals surface area contributed by atoms with Gasteiger partial charge in [-0.3, -0.25) is 4.79 Å². The predicted molar refractivity (Wildman–Crippen MR) is 45.5 cm³/mol. The van der Waals surface area contributed by atoms with Crippen molar-refractivity contribution in [2.45, 2.75) is 40.5 Å². The lowest BCUT2D eigenvalue weighted by atomic mass is 9.86. The van der Waals surface area contributed by atoms with Crippen molar-refractivity contribution >= 4 is 5.97 Å². The fourth-order valence-corrected chi connectivity index (χ4v) is 0.756. The highest BCUT2D eigenvalue weighted by molar-refractivity contribution is 5.73. The van der Waals surface area contributed by atoms with Gasteiger partial charge in [0.2, 0.25) is 0 Å². The first kappa shape index (κ1) is 10.5. The van der Waals surface area contributed by atoms with Crippen molar-refractivity contribution in [2.24, 2.45) is 11.3 Å². The molecule has 0 aromatic heterocycles. The fraction of sp³-hybridized carbons (Fsp3) is 0.889. The van der Waals surface area contributed by atoms with E-state index in [-0.39, 0.29) is 0 Å². The lowest BCUT2D eigenvalue weighted by Crippen LogP contribution is -2.23. The Morgan fingerprint density at radius 2 is 1.91 bits per heavy atom. The first-order valence-corrected chi connectivity index (χ1v) is 4.09. The first-order chi connectivity index (χ1) is 4.86. The lowest BCUT2D eigenvalue weighted by molar-refractivity contribution is -0.147. The van der Waals surface area contributed by atoms with Crippen LogP contribution in [0.3, 0.4) is 0 Å². The van der Waals surface area contributed by atoms with Crippen molar-refractivity contribution in [3.8, 4) is 0 Å². The molecule has 0 unspecified atom stereocenters. The van der Waals surface area contributed by atoms with E-state index in [1.165, 1.54) is 0 Å². The standard InChI is InChI=1S/C9H18O2/c1-7(2)5-6-9(3,4)8(10)11/h7H,5-6H2,1-4H3,(H,10,11). The quantitative estimate of drug-likeness (QED) is 0.682. The van der Waals surface area contributed by atoms with Gasteiger partial charge in [0.25, 0.3) is 0 Å². The molecule has 0 saturated heterocycles. The summed E-state index contributed by atoms with van der Waals surface area (Å²) in [7, 11) is 0. The zero-order valence-corrected chi connectivity index (χ0v) is 7.85. The Morgan fingerprint density at radius 3 is 2.18 bits per heavy atom. The van der Waals surface area contributed by atoms with Crippen LogP contribution in [-0.2, 0) is 4.79 Å². The maximum Gasteiger partial charge on any atom is 0.309 e. The molecule has 66 valence electrons. The smallest absolute Gasteiger partial charge is 0.309 e. The van der Waals surface area contributed by atoms with Crippen LogP contribution in [-0.4, -0.2) is 11.1 Å². The Hall–Kier alpha value is -0.530. The highest BCUT2D eigenvalue weighted by Gasteiger charge is 2.26. The number of carbonyl (C=O) groups is 1. The van der Waals surface area contributed by atoms with Crippen LogP contribution < -0.4 is 0 Å². The number of carboxylic acids is 1. The van der Waals surface area contributed by atoms with Gasteiger partial charge in [-0.1, -0.05) is 13.8 Å². The van der Waals surface area contributed by atoms with E-state index in [9.17, 15) is 4.79 Å². The molecule has 2 nitrogen and oxygen atoms in total. The number of hydrogen-bond donors (Lipinski definition) is 1. The van der Waals surface area contributed by atoms with Gasteiger partial charge in [-0.2, -0.15) is 0 Å². The molecule has 0 heterocycles. The molecule has 0 radical (unpaired) electrons. The summed E-state index contributed by atoms with van der Waals surface area (Å²) < 4.78 is 0. The van der Waals surface area contributed by atoms with Gasteiger partial charge in [0.05, 0.1) is 5.41 Å². The summed E-state index contributed by atoms with van der Waals surface area (Å²) in [6, 6.07) is 0. The van der Waals surface area contributed by atoms with Crippen molar-refractivity contribution in [1.29, 1.82) is 0 Å². The second-order valence-corrected chi connectivity index (χ2v) is 4.12. The van der Waals surface area contributed by atoms with Crippen LogP contribution in [0, 0.1) is 11.3 Å². The van der Waals surface area contributed by atoms with Gasteiger partial charge < -0.3 is 5.11 Å². The number of carboxylic acid groups (broad SMARTS) is 1. The van der Waals surface area contributed by atoms with E-state index in [1.54, 1.807) is 13.8 Å². The predicted octanol–water partition coefficient (Wildman–Crippen LogP) is 2.53. The molecule has 11 heavy (non-hydrogen) atoms. The maximum absolute atomic E-state index is 10.6. The first-order valence-electron chi connectivity index (χ1n) is 4.09. The molecule has 0 saturated carbocycles. The molecule has 0 aromatic carbocycles. The third kappa shape index (κ3) is 4.02. The Labute approximate surface area is 68.6 Å². The summed E-state index contributed by atoms with van der Waals surface area (Å²) in [5.74, 6) is -0.105. The monoisotopic (exact) mass is 158 g/mol. The minimum Gasteiger partial charge on any atom is -0.481 e. The summed E-state index contributed by atoms with van der Waals surface area (Å²) in [6.07, 6.45) is 1.75. The second-order valence-electron chi connectivity index (χ2n) is 4.12. The lowest BCUT2D eigenvalue weighted by Gasteiger charge is -2.19. The largest absolute Gasteiger partial charge is 0.481 e. The third-order valence-corrected chi connectivity index (χ3v) is 1.93. The molecular formula is C9H18O2. The fourth-order valence-electron chi connectivity index (χ4n) is 0.756. The van der Waals surface area contributed by atoms with Gasteiger partial charge in [-0.25, -0.2) is 0 Å². The minimum atomic E-state index is -0.696. The molecule has 1 N–H and O–H groups in total. The van der Waals surface area contributed by atoms with Gasteiger partial charge in [0.15, 0.2) is 0 Å². The Bertz CT molecular complexity index is 136. The molecule has 0 spiro atoms. The molecule has 0 bridgehead atoms. The van der Waals surface area contributed by atoms with Crippen LogP contribution >= 0.6 is 0 Å². The van der Waals surface area contributed by atoms with E-state index >= 15 is 0 Å². The topological polar surface area (TPSA) is 37.3 Å². The SMILES string of the molecule is CC(C)CCC(C)(C)C(=O)O. The third-order valence-electron chi connectivity index (χ3n) is 1.93. The number of aliphatic carboxylic acids is 1. The van der Waals surface area contributed by atoms with Gasteiger partial charge in [-0.15, -0.1) is 0 Å². The van der Waals surface area contributed by atoms with Crippen LogP contribution in [0.25, 0.3) is 0 Å². The zero-order valence-electron chi connectivity index (χ0n) is 7.85. The average Bonchev–Trinajstić information content (AvgIpc) is 1.84. The van der Waals surface area contributed by atoms with E-state index in [0.717, 1.165) is 12.8 Å². The maximum atomic E-state index is 10.6. The molecule has 0 aromatic rings. The molecule has 0 aliphatic heterocycles. The summed E-state index contributed by atoms with van der Waals surface area (Å²) in [5, 5.41) is 8.75. The molecular weight excluding hydrogens is 140 g/mol. The molecule has 0 aliphatic rings. The summed E-state index contributed by atoms with van der Waals surface area (Å²) in [5.41, 5.74) is -0.551. The highest BCUT2D eigenvalue weighted by atomic mass is 16.4. The van der Waals surface area contributed by atoms with Gasteiger partial charge >= 0.3 is 5.97 Å². The number of hydrogen-bond acceptors (Lipinski definition) is 1. The Balaban J connectivity index is 3.83. The van der Waals surface area contributed by atoms with Crippen molar-refractivity contribution in [2.75, 3.05) is 0 Å². The second kappa shape index (κ2) is 3.74. The van der Waals surface area contributed by atoms with Crippen LogP contribution in [0.5, 0.6) is 0 Å². The average molecular weight is 158 g/mol. The van der Waals surface area contributed by atoms with Crippen molar-refractivity contribution in [1.82, 2.24) is 0 Å². The van der Waals surface area contributed by atoms with Crippen molar-refractivity contribution < 1.29 is 9.90 Å². The van der Waals surface area contributed by atoms with Crippen molar-refractivity contribution in [3.63, 3.8) is 0 Å². The van der Waals surface area contributed by atoms with Gasteiger partial charge in [0.1, 0.15) is 0 Å². The van der Waals surface area contributed by atoms with Crippen LogP contribution in [0.1, 0.15) is 40.5 Å². The molecule has 0 aliphatic carbocycles. The Kier molecular flexibility index (Phi) is 3.56. The van der Waals surface area contributed by atoms with Gasteiger partial charge in [-0.05, 0) is 32.6 Å². The number of rotatable bonds is 4. The molecule has 0 atom stereocenters. The normalized spacial score (nSPS) is 12.1. The summed E-state index contributed by atoms with van der Waals surface area (Å²) in [6.45, 7) is 7.77. The van der Waals surface area contributed by atoms with E-state index in [0.29, 0.717) is 5.92 Å². The summed E-state index contributed by atoms with van der Waals surface area (Å²) in [4.78, 5) is 10.6. The van der Waals surface area contributed by atoms with E-state index in [4.69, 9.17) is 5.11 Å². The van der Waals surface area contributed by atoms with Crippen LogP contribution in [0.2, 0.25) is 0 Å². The van der Waals surface area contributed by atoms with Crippen LogP contribution in [0.15, 0.2) is 0 Å². The molecule has 0 fully saturated rings. The zero-order chi connectivity index (χ0) is 9.07. The molecule has 2 heteroatoms. The van der Waals surface area contributed by atoms with E-state index < -0.39 is 11.4 Å². The van der Waals surface area contributed by atoms with E-state index in [1.807, 2.05) is 0 Å². The van der Waals surface area contributed by atoms with Crippen LogP contribution in [0.4, 0.5) is 0 Å². The minimum absolute atomic E-state index is 0.551.